The quantitative estimate of drug-likeness (QED) is 0.687. The van der Waals surface area contributed by atoms with Gasteiger partial charge in [-0.2, -0.15) is 0 Å². The largest absolute Gasteiger partial charge is 0.306 e. The molecule has 0 saturated heterocycles. The van der Waals surface area contributed by atoms with Crippen molar-refractivity contribution < 1.29 is 13.2 Å². The monoisotopic (exact) mass is 332 g/mol. The summed E-state index contributed by atoms with van der Waals surface area (Å²) in [6.07, 6.45) is 0. The van der Waals surface area contributed by atoms with Gasteiger partial charge in [0.15, 0.2) is 11.1 Å². The highest BCUT2D eigenvalue weighted by Crippen LogP contribution is 2.36. The lowest BCUT2D eigenvalue weighted by Crippen LogP contribution is -1.92. The Morgan fingerprint density at radius 2 is 1.59 bits per heavy atom. The van der Waals surface area contributed by atoms with Crippen molar-refractivity contribution in [3.63, 3.8) is 0 Å². The average molecular weight is 332 g/mol. The summed E-state index contributed by atoms with van der Waals surface area (Å²) < 4.78 is 32.8. The molecular weight excluding hydrogens is 319 g/mol. The van der Waals surface area contributed by atoms with E-state index in [-0.39, 0.29) is 11.6 Å². The molecule has 0 amide bonds. The fourth-order valence-electron chi connectivity index (χ4n) is 2.28. The molecule has 0 bridgehead atoms. The van der Waals surface area contributed by atoms with Crippen LogP contribution in [0.5, 0.6) is 0 Å². The fourth-order valence-corrected chi connectivity index (χ4v) is 3.69. The Balaban J connectivity index is 1.94. The second kappa shape index (κ2) is 6.52. The van der Waals surface area contributed by atoms with E-state index in [0.29, 0.717) is 0 Å². The molecule has 1 heterocycles. The highest BCUT2D eigenvalue weighted by atomic mass is 32.2. The van der Waals surface area contributed by atoms with Crippen LogP contribution in [0.25, 0.3) is 21.6 Å². The van der Waals surface area contributed by atoms with Crippen LogP contribution in [0.1, 0.15) is 5.56 Å². The molecule has 1 aromatic heterocycles. The Kier molecular flexibility index (Phi) is 4.47. The van der Waals surface area contributed by atoms with Crippen LogP contribution >= 0.6 is 11.3 Å². The first-order valence-electron chi connectivity index (χ1n) is 6.64. The van der Waals surface area contributed by atoms with Crippen molar-refractivity contribution in [3.05, 3.63) is 71.4 Å². The van der Waals surface area contributed by atoms with Crippen molar-refractivity contribution in [2.45, 2.75) is 5.75 Å². The maximum Gasteiger partial charge on any atom is 0.157 e. The van der Waals surface area contributed by atoms with Crippen molar-refractivity contribution in [1.29, 1.82) is 0 Å². The van der Waals surface area contributed by atoms with E-state index in [4.69, 9.17) is 4.55 Å². The molecule has 0 spiro atoms. The maximum absolute atomic E-state index is 13.1. The van der Waals surface area contributed by atoms with Gasteiger partial charge in [0.05, 0.1) is 5.75 Å². The summed E-state index contributed by atoms with van der Waals surface area (Å²) in [6.45, 7) is 0. The minimum atomic E-state index is -1.83. The summed E-state index contributed by atoms with van der Waals surface area (Å²) >= 11 is -0.223. The van der Waals surface area contributed by atoms with E-state index in [1.54, 1.807) is 23.5 Å². The Labute approximate surface area is 134 Å². The van der Waals surface area contributed by atoms with Crippen LogP contribution in [-0.2, 0) is 16.8 Å². The van der Waals surface area contributed by atoms with Gasteiger partial charge in [-0.3, -0.25) is 0 Å². The topological polar surface area (TPSA) is 37.3 Å². The molecule has 0 aliphatic carbocycles. The Hall–Kier alpha value is -1.82. The van der Waals surface area contributed by atoms with E-state index in [1.807, 2.05) is 35.7 Å². The van der Waals surface area contributed by atoms with Crippen molar-refractivity contribution >= 4 is 22.4 Å². The maximum atomic E-state index is 13.1. The van der Waals surface area contributed by atoms with E-state index >= 15 is 0 Å². The predicted octanol–water partition coefficient (Wildman–Crippen LogP) is 4.94. The molecular formula is C17H13FO2S2. The number of hydrogen-bond acceptors (Lipinski definition) is 2. The Bertz CT molecular complexity index is 792. The van der Waals surface area contributed by atoms with Gasteiger partial charge in [-0.25, -0.2) is 8.60 Å². The lowest BCUT2D eigenvalue weighted by molar-refractivity contribution is 0.563. The second-order valence-corrected chi connectivity index (χ2v) is 6.68. The smallest absolute Gasteiger partial charge is 0.157 e. The van der Waals surface area contributed by atoms with Gasteiger partial charge in [-0.1, -0.05) is 36.4 Å². The molecule has 1 N–H and O–H groups in total. The first-order valence-corrected chi connectivity index (χ1v) is 8.79. The lowest BCUT2D eigenvalue weighted by atomic mass is 10.0. The van der Waals surface area contributed by atoms with Gasteiger partial charge >= 0.3 is 0 Å². The lowest BCUT2D eigenvalue weighted by Gasteiger charge is -2.06. The minimum Gasteiger partial charge on any atom is -0.306 e. The third-order valence-corrected chi connectivity index (χ3v) is 4.87. The summed E-state index contributed by atoms with van der Waals surface area (Å²) in [6, 6.07) is 16.1. The molecule has 3 rings (SSSR count). The van der Waals surface area contributed by atoms with Crippen LogP contribution in [0.3, 0.4) is 0 Å². The first kappa shape index (κ1) is 15.1. The van der Waals surface area contributed by atoms with Gasteiger partial charge in [-0.15, -0.1) is 11.3 Å². The molecule has 1 unspecified atom stereocenters. The molecule has 2 aromatic carbocycles. The molecule has 0 aliphatic rings. The van der Waals surface area contributed by atoms with Gasteiger partial charge in [0.25, 0.3) is 0 Å². The minimum absolute atomic E-state index is 0.134. The Morgan fingerprint density at radius 1 is 0.955 bits per heavy atom. The highest BCUT2D eigenvalue weighted by molar-refractivity contribution is 7.78. The average Bonchev–Trinajstić information content (AvgIpc) is 2.97. The van der Waals surface area contributed by atoms with E-state index in [2.05, 4.69) is 0 Å². The number of hydrogen-bond donors (Lipinski definition) is 1. The summed E-state index contributed by atoms with van der Waals surface area (Å²) in [7, 11) is 0. The van der Waals surface area contributed by atoms with Crippen molar-refractivity contribution in [3.8, 4) is 21.6 Å². The molecule has 0 saturated carbocycles. The van der Waals surface area contributed by atoms with E-state index in [1.165, 1.54) is 12.1 Å². The third kappa shape index (κ3) is 3.32. The summed E-state index contributed by atoms with van der Waals surface area (Å²) in [4.78, 5) is 1.08. The van der Waals surface area contributed by atoms with E-state index in [0.717, 1.165) is 27.1 Å². The zero-order valence-corrected chi connectivity index (χ0v) is 13.2. The molecule has 2 nitrogen and oxygen atoms in total. The van der Waals surface area contributed by atoms with Crippen LogP contribution in [0.15, 0.2) is 60.0 Å². The number of thiophene rings is 1. The van der Waals surface area contributed by atoms with E-state index < -0.39 is 11.1 Å². The van der Waals surface area contributed by atoms with Crippen molar-refractivity contribution in [2.75, 3.05) is 0 Å². The van der Waals surface area contributed by atoms with Crippen LogP contribution < -0.4 is 0 Å². The van der Waals surface area contributed by atoms with Crippen LogP contribution in [0, 0.1) is 5.82 Å². The second-order valence-electron chi connectivity index (χ2n) is 4.83. The predicted molar refractivity (Wildman–Crippen MR) is 89.6 cm³/mol. The van der Waals surface area contributed by atoms with Crippen LogP contribution in [0.2, 0.25) is 0 Å². The molecule has 0 aliphatic heterocycles. The number of rotatable bonds is 4. The zero-order valence-electron chi connectivity index (χ0n) is 11.5. The van der Waals surface area contributed by atoms with Gasteiger partial charge in [0, 0.05) is 10.4 Å². The van der Waals surface area contributed by atoms with Crippen molar-refractivity contribution in [1.82, 2.24) is 0 Å². The molecule has 0 radical (unpaired) electrons. The third-order valence-electron chi connectivity index (χ3n) is 3.33. The summed E-state index contributed by atoms with van der Waals surface area (Å²) in [5, 5.41) is 2.00. The first-order chi connectivity index (χ1) is 10.6. The zero-order chi connectivity index (χ0) is 15.5. The fraction of sp³-hybridized carbons (Fsp3) is 0.0588. The molecule has 112 valence electrons. The van der Waals surface area contributed by atoms with E-state index in [9.17, 15) is 8.60 Å². The van der Waals surface area contributed by atoms with Gasteiger partial charge in [0.1, 0.15) is 5.82 Å². The normalized spacial score (nSPS) is 12.3. The van der Waals surface area contributed by atoms with Crippen LogP contribution in [0.4, 0.5) is 4.39 Å². The summed E-state index contributed by atoms with van der Waals surface area (Å²) in [5.41, 5.74) is 3.91. The molecule has 5 heteroatoms. The highest BCUT2D eigenvalue weighted by Gasteiger charge is 2.09. The molecule has 3 aromatic rings. The van der Waals surface area contributed by atoms with Gasteiger partial charge in [0.2, 0.25) is 0 Å². The Morgan fingerprint density at radius 3 is 2.23 bits per heavy atom. The number of halogens is 1. The van der Waals surface area contributed by atoms with Gasteiger partial charge < -0.3 is 4.55 Å². The van der Waals surface area contributed by atoms with Crippen molar-refractivity contribution in [2.24, 2.45) is 0 Å². The van der Waals surface area contributed by atoms with Gasteiger partial charge in [-0.05, 0) is 40.3 Å². The summed E-state index contributed by atoms with van der Waals surface area (Å²) in [5.74, 6) is -0.113. The standard InChI is InChI=1S/C17H13FO2S2/c18-15-7-5-14(6-8-15)17-16(9-10-21-17)13-3-1-12(2-4-13)11-22(19)20/h1-10H,11H2,(H,19,20). The SMILES string of the molecule is O=S(O)Cc1ccc(-c2ccsc2-c2ccc(F)cc2)cc1. The number of benzene rings is 2. The molecule has 1 atom stereocenters. The van der Waals surface area contributed by atoms with Crippen LogP contribution in [-0.4, -0.2) is 8.76 Å². The molecule has 0 fully saturated rings. The molecule has 22 heavy (non-hydrogen) atoms.